The molecule has 4 rings (SSSR count). The largest absolute Gasteiger partial charge is 0.486 e. The number of tetrazole rings is 1. The Morgan fingerprint density at radius 1 is 1.28 bits per heavy atom. The van der Waals surface area contributed by atoms with Crippen LogP contribution < -0.4 is 14.8 Å². The molecule has 1 aliphatic heterocycles. The maximum atomic E-state index is 14.1. The lowest BCUT2D eigenvalue weighted by Crippen LogP contribution is -2.15. The van der Waals surface area contributed by atoms with Gasteiger partial charge in [0.25, 0.3) is 0 Å². The first kappa shape index (κ1) is 18.9. The van der Waals surface area contributed by atoms with Crippen LogP contribution in [0.2, 0.25) is 5.02 Å². The SMILES string of the molecule is Cc1nnnn1-c1cc(NC(=O)/C=C/c2cc(Cl)c3c(c2)OCCO3)ccc1F. The van der Waals surface area contributed by atoms with Crippen molar-refractivity contribution < 1.29 is 18.7 Å². The van der Waals surface area contributed by atoms with Gasteiger partial charge in [-0.1, -0.05) is 11.6 Å². The second-order valence-electron chi connectivity index (χ2n) is 6.15. The molecule has 0 unspecified atom stereocenters. The lowest BCUT2D eigenvalue weighted by Gasteiger charge is -2.19. The number of benzene rings is 2. The second-order valence-corrected chi connectivity index (χ2v) is 6.56. The highest BCUT2D eigenvalue weighted by Gasteiger charge is 2.16. The molecule has 148 valence electrons. The van der Waals surface area contributed by atoms with Gasteiger partial charge in [0.1, 0.15) is 24.7 Å². The zero-order valence-corrected chi connectivity index (χ0v) is 16.0. The molecule has 0 bridgehead atoms. The van der Waals surface area contributed by atoms with Crippen molar-refractivity contribution >= 4 is 29.3 Å². The number of amides is 1. The maximum absolute atomic E-state index is 14.1. The summed E-state index contributed by atoms with van der Waals surface area (Å²) in [5.41, 5.74) is 1.21. The molecule has 0 fully saturated rings. The Morgan fingerprint density at radius 2 is 2.10 bits per heavy atom. The predicted octanol–water partition coefficient (Wildman–Crippen LogP) is 3.19. The highest BCUT2D eigenvalue weighted by molar-refractivity contribution is 6.32. The summed E-state index contributed by atoms with van der Waals surface area (Å²) in [4.78, 5) is 12.3. The monoisotopic (exact) mass is 415 g/mol. The number of hydrogen-bond donors (Lipinski definition) is 1. The Balaban J connectivity index is 1.50. The summed E-state index contributed by atoms with van der Waals surface area (Å²) >= 11 is 6.19. The summed E-state index contributed by atoms with van der Waals surface area (Å²) in [5.74, 6) is 0.532. The van der Waals surface area contributed by atoms with Crippen LogP contribution in [-0.4, -0.2) is 39.3 Å². The van der Waals surface area contributed by atoms with E-state index in [1.54, 1.807) is 25.1 Å². The zero-order valence-electron chi connectivity index (χ0n) is 15.2. The molecular weight excluding hydrogens is 401 g/mol. The first-order valence-corrected chi connectivity index (χ1v) is 9.02. The minimum absolute atomic E-state index is 0.132. The Labute approximate surface area is 169 Å². The molecule has 0 radical (unpaired) electrons. The second kappa shape index (κ2) is 7.88. The first-order chi connectivity index (χ1) is 14.0. The summed E-state index contributed by atoms with van der Waals surface area (Å²) < 4.78 is 26.4. The van der Waals surface area contributed by atoms with Crippen molar-refractivity contribution in [2.24, 2.45) is 0 Å². The van der Waals surface area contributed by atoms with Crippen molar-refractivity contribution in [2.75, 3.05) is 18.5 Å². The highest BCUT2D eigenvalue weighted by Crippen LogP contribution is 2.38. The van der Waals surface area contributed by atoms with E-state index < -0.39 is 11.7 Å². The van der Waals surface area contributed by atoms with Crippen LogP contribution in [0.5, 0.6) is 11.5 Å². The molecule has 0 atom stereocenters. The molecule has 0 spiro atoms. The minimum Gasteiger partial charge on any atom is -0.486 e. The highest BCUT2D eigenvalue weighted by atomic mass is 35.5. The zero-order chi connectivity index (χ0) is 20.4. The number of aryl methyl sites for hydroxylation is 1. The van der Waals surface area contributed by atoms with Crippen molar-refractivity contribution in [1.82, 2.24) is 20.2 Å². The number of nitrogens with one attached hydrogen (secondary N) is 1. The Hall–Kier alpha value is -3.46. The fourth-order valence-corrected chi connectivity index (χ4v) is 3.06. The van der Waals surface area contributed by atoms with E-state index in [1.165, 1.54) is 29.0 Å². The number of nitrogens with zero attached hydrogens (tertiary/aromatic N) is 4. The van der Waals surface area contributed by atoms with Crippen LogP contribution in [0.15, 0.2) is 36.4 Å². The number of anilines is 1. The van der Waals surface area contributed by atoms with Crippen LogP contribution in [0, 0.1) is 12.7 Å². The van der Waals surface area contributed by atoms with Crippen LogP contribution in [-0.2, 0) is 4.79 Å². The van der Waals surface area contributed by atoms with Crippen molar-refractivity contribution in [3.63, 3.8) is 0 Å². The van der Waals surface area contributed by atoms with Crippen LogP contribution >= 0.6 is 11.6 Å². The maximum Gasteiger partial charge on any atom is 0.248 e. The molecule has 1 N–H and O–H groups in total. The van der Waals surface area contributed by atoms with E-state index in [4.69, 9.17) is 21.1 Å². The van der Waals surface area contributed by atoms with Crippen molar-refractivity contribution in [1.29, 1.82) is 0 Å². The molecule has 0 saturated heterocycles. The molecule has 1 aromatic heterocycles. The normalized spacial score (nSPS) is 12.9. The van der Waals surface area contributed by atoms with Crippen LogP contribution in [0.25, 0.3) is 11.8 Å². The molecule has 1 aliphatic rings. The van der Waals surface area contributed by atoms with Crippen LogP contribution in [0.4, 0.5) is 10.1 Å². The molecule has 8 nitrogen and oxygen atoms in total. The van der Waals surface area contributed by atoms with Crippen molar-refractivity contribution in [3.05, 3.63) is 58.6 Å². The molecule has 0 aliphatic carbocycles. The quantitative estimate of drug-likeness (QED) is 0.658. The topological polar surface area (TPSA) is 91.2 Å². The number of aromatic nitrogens is 4. The third kappa shape index (κ3) is 4.04. The van der Waals surface area contributed by atoms with E-state index in [2.05, 4.69) is 20.8 Å². The fourth-order valence-electron chi connectivity index (χ4n) is 2.79. The van der Waals surface area contributed by atoms with Gasteiger partial charge >= 0.3 is 0 Å². The van der Waals surface area contributed by atoms with Gasteiger partial charge in [0, 0.05) is 11.8 Å². The fraction of sp³-hybridized carbons (Fsp3) is 0.158. The number of hydrogen-bond acceptors (Lipinski definition) is 6. The van der Waals surface area contributed by atoms with E-state index in [0.29, 0.717) is 46.8 Å². The first-order valence-electron chi connectivity index (χ1n) is 8.64. The van der Waals surface area contributed by atoms with Gasteiger partial charge in [0.05, 0.1) is 5.02 Å². The van der Waals surface area contributed by atoms with Gasteiger partial charge in [0.15, 0.2) is 17.3 Å². The third-order valence-corrected chi connectivity index (χ3v) is 4.39. The molecule has 2 heterocycles. The average molecular weight is 416 g/mol. The summed E-state index contributed by atoms with van der Waals surface area (Å²) in [6.07, 6.45) is 2.93. The number of halogens is 2. The van der Waals surface area contributed by atoms with Gasteiger partial charge in [-0.15, -0.1) is 5.10 Å². The number of fused-ring (bicyclic) bond motifs is 1. The Morgan fingerprint density at radius 3 is 2.90 bits per heavy atom. The average Bonchev–Trinajstić information content (AvgIpc) is 3.14. The Bertz CT molecular complexity index is 1120. The minimum atomic E-state index is -0.514. The van der Waals surface area contributed by atoms with Gasteiger partial charge in [0.2, 0.25) is 5.91 Å². The molecule has 29 heavy (non-hydrogen) atoms. The van der Waals surface area contributed by atoms with Gasteiger partial charge in [-0.2, -0.15) is 4.68 Å². The van der Waals surface area contributed by atoms with Crippen molar-refractivity contribution in [2.45, 2.75) is 6.92 Å². The number of carbonyl (C=O) groups excluding carboxylic acids is 1. The van der Waals surface area contributed by atoms with E-state index in [-0.39, 0.29) is 5.69 Å². The van der Waals surface area contributed by atoms with Crippen LogP contribution in [0.3, 0.4) is 0 Å². The van der Waals surface area contributed by atoms with Gasteiger partial charge < -0.3 is 14.8 Å². The molecule has 2 aromatic carbocycles. The van der Waals surface area contributed by atoms with E-state index in [9.17, 15) is 9.18 Å². The molecule has 1 amide bonds. The van der Waals surface area contributed by atoms with Gasteiger partial charge in [-0.3, -0.25) is 4.79 Å². The number of ether oxygens (including phenoxy) is 2. The van der Waals surface area contributed by atoms with Gasteiger partial charge in [-0.25, -0.2) is 4.39 Å². The van der Waals surface area contributed by atoms with E-state index >= 15 is 0 Å². The molecule has 0 saturated carbocycles. The van der Waals surface area contributed by atoms with Gasteiger partial charge in [-0.05, 0) is 59.3 Å². The van der Waals surface area contributed by atoms with E-state index in [1.807, 2.05) is 0 Å². The third-order valence-electron chi connectivity index (χ3n) is 4.11. The summed E-state index contributed by atoms with van der Waals surface area (Å²) in [6.45, 7) is 2.52. The lowest BCUT2D eigenvalue weighted by atomic mass is 10.1. The van der Waals surface area contributed by atoms with E-state index in [0.717, 1.165) is 0 Å². The smallest absolute Gasteiger partial charge is 0.248 e. The molecule has 3 aromatic rings. The van der Waals surface area contributed by atoms with Crippen molar-refractivity contribution in [3.8, 4) is 17.2 Å². The summed E-state index contributed by atoms with van der Waals surface area (Å²) in [7, 11) is 0. The lowest BCUT2D eigenvalue weighted by molar-refractivity contribution is -0.111. The predicted molar refractivity (Wildman–Crippen MR) is 104 cm³/mol. The summed E-state index contributed by atoms with van der Waals surface area (Å²) in [6, 6.07) is 7.54. The molecule has 10 heteroatoms. The molecular formula is C19H15ClFN5O3. The number of carbonyl (C=O) groups is 1. The summed E-state index contributed by atoms with van der Waals surface area (Å²) in [5, 5.41) is 14.1. The van der Waals surface area contributed by atoms with Crippen LogP contribution in [0.1, 0.15) is 11.4 Å². The number of rotatable bonds is 4. The Kier molecular flexibility index (Phi) is 5.13. The standard InChI is InChI=1S/C19H15ClFN5O3/c1-11-23-24-25-26(11)16-10-13(3-4-15(16)21)22-18(27)5-2-12-8-14(20)19-17(9-12)28-6-7-29-19/h2-5,8-10H,6-7H2,1H3,(H,22,27)/b5-2+.